The van der Waals surface area contributed by atoms with E-state index in [1.807, 2.05) is 0 Å². The fraction of sp³-hybridized carbons (Fsp3) is 1.00. The number of ether oxygens (including phenoxy) is 1. The van der Waals surface area contributed by atoms with Crippen molar-refractivity contribution >= 4 is 0 Å². The summed E-state index contributed by atoms with van der Waals surface area (Å²) in [6.07, 6.45) is 2.78. The molecular weight excluding hydrogens is 212 g/mol. The summed E-state index contributed by atoms with van der Waals surface area (Å²) >= 11 is 0. The lowest BCUT2D eigenvalue weighted by Crippen LogP contribution is -2.55. The van der Waals surface area contributed by atoms with Crippen molar-refractivity contribution in [1.82, 2.24) is 10.2 Å². The van der Waals surface area contributed by atoms with E-state index >= 15 is 0 Å². The first-order chi connectivity index (χ1) is 8.08. The molecule has 102 valence electrons. The normalized spacial score (nSPS) is 28.6. The van der Waals surface area contributed by atoms with E-state index in [1.165, 1.54) is 12.8 Å². The molecule has 1 heterocycles. The summed E-state index contributed by atoms with van der Waals surface area (Å²) in [6, 6.07) is 1.82. The highest BCUT2D eigenvalue weighted by Crippen LogP contribution is 2.19. The zero-order valence-electron chi connectivity index (χ0n) is 12.2. The maximum atomic E-state index is 5.77. The molecule has 0 aliphatic carbocycles. The first-order valence-corrected chi connectivity index (χ1v) is 7.19. The zero-order valence-corrected chi connectivity index (χ0v) is 12.2. The van der Waals surface area contributed by atoms with Gasteiger partial charge in [-0.2, -0.15) is 0 Å². The molecule has 0 radical (unpaired) electrons. The minimum Gasteiger partial charge on any atom is -0.376 e. The van der Waals surface area contributed by atoms with E-state index in [2.05, 4.69) is 44.8 Å². The largest absolute Gasteiger partial charge is 0.376 e. The van der Waals surface area contributed by atoms with E-state index in [0.29, 0.717) is 24.2 Å². The van der Waals surface area contributed by atoms with Crippen LogP contribution in [0.15, 0.2) is 0 Å². The molecule has 0 bridgehead atoms. The minimum absolute atomic E-state index is 0.380. The molecule has 1 aliphatic heterocycles. The Labute approximate surface area is 107 Å². The van der Waals surface area contributed by atoms with E-state index in [1.54, 1.807) is 0 Å². The molecule has 1 rings (SSSR count). The average Bonchev–Trinajstić information content (AvgIpc) is 2.30. The van der Waals surface area contributed by atoms with Gasteiger partial charge in [-0.25, -0.2) is 0 Å². The molecule has 3 atom stereocenters. The van der Waals surface area contributed by atoms with Crippen LogP contribution in [0, 0.1) is 0 Å². The fourth-order valence-electron chi connectivity index (χ4n) is 2.54. The topological polar surface area (TPSA) is 24.5 Å². The van der Waals surface area contributed by atoms with E-state index in [0.717, 1.165) is 19.7 Å². The van der Waals surface area contributed by atoms with Crippen molar-refractivity contribution in [3.05, 3.63) is 0 Å². The van der Waals surface area contributed by atoms with Crippen LogP contribution in [0.3, 0.4) is 0 Å². The smallest absolute Gasteiger partial charge is 0.0674 e. The molecule has 1 fully saturated rings. The Morgan fingerprint density at radius 1 is 1.35 bits per heavy atom. The van der Waals surface area contributed by atoms with Gasteiger partial charge in [-0.1, -0.05) is 27.7 Å². The van der Waals surface area contributed by atoms with Crippen molar-refractivity contribution < 1.29 is 4.74 Å². The molecule has 1 aliphatic rings. The molecule has 0 spiro atoms. The number of morpholine rings is 1. The summed E-state index contributed by atoms with van der Waals surface area (Å²) in [5.41, 5.74) is 0. The zero-order chi connectivity index (χ0) is 12.8. The highest BCUT2D eigenvalue weighted by molar-refractivity contribution is 4.84. The summed E-state index contributed by atoms with van der Waals surface area (Å²) in [5.74, 6) is 0. The third-order valence-electron chi connectivity index (χ3n) is 3.68. The molecule has 0 aromatic rings. The van der Waals surface area contributed by atoms with Gasteiger partial charge in [0.25, 0.3) is 0 Å². The lowest BCUT2D eigenvalue weighted by molar-refractivity contribution is -0.0728. The van der Waals surface area contributed by atoms with E-state index in [-0.39, 0.29) is 0 Å². The Hall–Kier alpha value is -0.120. The molecule has 3 heteroatoms. The van der Waals surface area contributed by atoms with E-state index < -0.39 is 0 Å². The van der Waals surface area contributed by atoms with Gasteiger partial charge < -0.3 is 10.1 Å². The second-order valence-corrected chi connectivity index (χ2v) is 5.53. The van der Waals surface area contributed by atoms with Crippen molar-refractivity contribution in [1.29, 1.82) is 0 Å². The van der Waals surface area contributed by atoms with Gasteiger partial charge >= 0.3 is 0 Å². The Bertz CT molecular complexity index is 208. The highest BCUT2D eigenvalue weighted by atomic mass is 16.5. The maximum Gasteiger partial charge on any atom is 0.0674 e. The standard InChI is InChI=1S/C14H30N2O/c1-6-13(8-15-11(3)4)16-9-12(5)17-10-14(16)7-2/h11-15H,6-10H2,1-5H3. The van der Waals surface area contributed by atoms with Crippen LogP contribution in [0.5, 0.6) is 0 Å². The van der Waals surface area contributed by atoms with Crippen LogP contribution in [-0.4, -0.2) is 48.8 Å². The Morgan fingerprint density at radius 3 is 2.59 bits per heavy atom. The van der Waals surface area contributed by atoms with Crippen LogP contribution < -0.4 is 5.32 Å². The predicted octanol–water partition coefficient (Wildman–Crippen LogP) is 2.26. The fourth-order valence-corrected chi connectivity index (χ4v) is 2.54. The van der Waals surface area contributed by atoms with Crippen molar-refractivity contribution in [3.63, 3.8) is 0 Å². The Balaban J connectivity index is 2.56. The van der Waals surface area contributed by atoms with Crippen LogP contribution >= 0.6 is 0 Å². The SMILES string of the molecule is CCC(CNC(C)C)N1CC(C)OCC1CC. The minimum atomic E-state index is 0.380. The van der Waals surface area contributed by atoms with E-state index in [9.17, 15) is 0 Å². The summed E-state index contributed by atoms with van der Waals surface area (Å²) in [6.45, 7) is 14.2. The number of hydrogen-bond acceptors (Lipinski definition) is 3. The van der Waals surface area contributed by atoms with Gasteiger partial charge in [0.05, 0.1) is 12.7 Å². The second-order valence-electron chi connectivity index (χ2n) is 5.53. The summed E-state index contributed by atoms with van der Waals surface area (Å²) in [7, 11) is 0. The predicted molar refractivity (Wildman–Crippen MR) is 73.4 cm³/mol. The first-order valence-electron chi connectivity index (χ1n) is 7.19. The van der Waals surface area contributed by atoms with Crippen molar-refractivity contribution in [2.24, 2.45) is 0 Å². The van der Waals surface area contributed by atoms with Gasteiger partial charge in [0.1, 0.15) is 0 Å². The van der Waals surface area contributed by atoms with Crippen molar-refractivity contribution in [2.75, 3.05) is 19.7 Å². The second kappa shape index (κ2) is 7.34. The van der Waals surface area contributed by atoms with Crippen LogP contribution in [0.25, 0.3) is 0 Å². The molecule has 0 aromatic heterocycles. The lowest BCUT2D eigenvalue weighted by atomic mass is 10.0. The number of rotatable bonds is 6. The summed E-state index contributed by atoms with van der Waals surface area (Å²) in [4.78, 5) is 2.66. The third-order valence-corrected chi connectivity index (χ3v) is 3.68. The van der Waals surface area contributed by atoms with Gasteiger partial charge in [-0.05, 0) is 19.8 Å². The van der Waals surface area contributed by atoms with Crippen molar-refractivity contribution in [3.8, 4) is 0 Å². The summed E-state index contributed by atoms with van der Waals surface area (Å²) < 4.78 is 5.77. The molecular formula is C14H30N2O. The maximum absolute atomic E-state index is 5.77. The van der Waals surface area contributed by atoms with Gasteiger partial charge in [0, 0.05) is 31.2 Å². The molecule has 0 amide bonds. The highest BCUT2D eigenvalue weighted by Gasteiger charge is 2.30. The number of hydrogen-bond donors (Lipinski definition) is 1. The van der Waals surface area contributed by atoms with Gasteiger partial charge in [0.15, 0.2) is 0 Å². The third kappa shape index (κ3) is 4.57. The molecule has 3 nitrogen and oxygen atoms in total. The van der Waals surface area contributed by atoms with Crippen LogP contribution in [0.1, 0.15) is 47.5 Å². The molecule has 17 heavy (non-hydrogen) atoms. The van der Waals surface area contributed by atoms with Gasteiger partial charge in [-0.3, -0.25) is 4.90 Å². The Morgan fingerprint density at radius 2 is 2.06 bits per heavy atom. The molecule has 1 saturated heterocycles. The lowest BCUT2D eigenvalue weighted by Gasteiger charge is -2.43. The van der Waals surface area contributed by atoms with Crippen LogP contribution in [-0.2, 0) is 4.74 Å². The summed E-state index contributed by atoms with van der Waals surface area (Å²) in [5, 5.41) is 3.57. The molecule has 1 N–H and O–H groups in total. The van der Waals surface area contributed by atoms with E-state index in [4.69, 9.17) is 4.74 Å². The van der Waals surface area contributed by atoms with Crippen LogP contribution in [0.2, 0.25) is 0 Å². The molecule has 0 saturated carbocycles. The Kier molecular flexibility index (Phi) is 6.45. The number of nitrogens with zero attached hydrogens (tertiary/aromatic N) is 1. The molecule has 3 unspecified atom stereocenters. The monoisotopic (exact) mass is 242 g/mol. The first kappa shape index (κ1) is 14.9. The quantitative estimate of drug-likeness (QED) is 0.773. The average molecular weight is 242 g/mol. The number of nitrogens with one attached hydrogen (secondary N) is 1. The van der Waals surface area contributed by atoms with Gasteiger partial charge in [0.2, 0.25) is 0 Å². The molecule has 0 aromatic carbocycles. The van der Waals surface area contributed by atoms with Gasteiger partial charge in [-0.15, -0.1) is 0 Å². The van der Waals surface area contributed by atoms with Crippen molar-refractivity contribution in [2.45, 2.75) is 71.7 Å². The van der Waals surface area contributed by atoms with Crippen LogP contribution in [0.4, 0.5) is 0 Å².